The number of halogens is 2. The van der Waals surface area contributed by atoms with Gasteiger partial charge in [-0.3, -0.25) is 9.69 Å². The molecule has 3 aromatic rings. The van der Waals surface area contributed by atoms with Crippen LogP contribution < -0.4 is 9.64 Å². The molecule has 0 aliphatic heterocycles. The number of nitrogens with zero attached hydrogens (tertiary/aromatic N) is 3. The minimum atomic E-state index is -0.428. The maximum Gasteiger partial charge on any atom is 0.260 e. The van der Waals surface area contributed by atoms with Crippen molar-refractivity contribution in [1.29, 1.82) is 0 Å². The van der Waals surface area contributed by atoms with Gasteiger partial charge in [-0.05, 0) is 57.4 Å². The molecule has 0 spiro atoms. The van der Waals surface area contributed by atoms with Gasteiger partial charge >= 0.3 is 0 Å². The number of carbonyl (C=O) groups is 1. The molecule has 0 saturated heterocycles. The molecule has 0 bridgehead atoms. The summed E-state index contributed by atoms with van der Waals surface area (Å²) in [4.78, 5) is 21.4. The summed E-state index contributed by atoms with van der Waals surface area (Å²) in [5.41, 5.74) is 1.09. The third-order valence-electron chi connectivity index (χ3n) is 4.12. The van der Waals surface area contributed by atoms with E-state index in [9.17, 15) is 9.18 Å². The van der Waals surface area contributed by atoms with Crippen LogP contribution in [-0.2, 0) is 0 Å². The number of aromatic nitrogens is 1. The number of amides is 1. The number of anilines is 1. The Hall–Kier alpha value is -2.22. The van der Waals surface area contributed by atoms with Gasteiger partial charge in [-0.2, -0.15) is 0 Å². The molecule has 8 heteroatoms. The Kier molecular flexibility index (Phi) is 7.74. The third-order valence-corrected chi connectivity index (χ3v) is 5.18. The van der Waals surface area contributed by atoms with Crippen molar-refractivity contribution in [1.82, 2.24) is 9.88 Å². The Morgan fingerprint density at radius 2 is 1.96 bits per heavy atom. The molecule has 0 unspecified atom stereocenters. The number of benzene rings is 2. The number of fused-ring (bicyclic) bond motifs is 1. The van der Waals surface area contributed by atoms with E-state index in [1.165, 1.54) is 23.5 Å². The van der Waals surface area contributed by atoms with Crippen LogP contribution >= 0.6 is 23.7 Å². The number of carbonyl (C=O) groups excluding carboxylic acids is 1. The monoisotopic (exact) mass is 423 g/mol. The van der Waals surface area contributed by atoms with Gasteiger partial charge in [0.1, 0.15) is 11.6 Å². The van der Waals surface area contributed by atoms with Crippen molar-refractivity contribution in [2.24, 2.45) is 0 Å². The van der Waals surface area contributed by atoms with E-state index in [0.717, 1.165) is 28.9 Å². The number of thiazole rings is 1. The molecular formula is C20H23ClFN3O2S. The molecule has 0 aliphatic rings. The van der Waals surface area contributed by atoms with Crippen LogP contribution in [0.5, 0.6) is 5.75 Å². The van der Waals surface area contributed by atoms with Crippen molar-refractivity contribution in [3.63, 3.8) is 0 Å². The first-order valence-electron chi connectivity index (χ1n) is 8.64. The lowest BCUT2D eigenvalue weighted by atomic mass is 10.2. The largest absolute Gasteiger partial charge is 0.497 e. The minimum Gasteiger partial charge on any atom is -0.497 e. The van der Waals surface area contributed by atoms with E-state index in [-0.39, 0.29) is 18.3 Å². The molecule has 0 fully saturated rings. The fourth-order valence-corrected chi connectivity index (χ4v) is 3.71. The van der Waals surface area contributed by atoms with Gasteiger partial charge in [0.15, 0.2) is 5.13 Å². The van der Waals surface area contributed by atoms with Crippen LogP contribution in [0.3, 0.4) is 0 Å². The van der Waals surface area contributed by atoms with E-state index in [0.29, 0.717) is 17.2 Å². The standard InChI is InChI=1S/C20H22FN3O2S.ClH/c1-23(2)10-5-11-24(19(25)14-6-4-7-15(21)12-14)20-22-17-13-16(26-3)8-9-18(17)27-20;/h4,6-9,12-13H,5,10-11H2,1-3H3;1H. The van der Waals surface area contributed by atoms with Gasteiger partial charge in [0.2, 0.25) is 0 Å². The first kappa shape index (κ1) is 22.1. The highest BCUT2D eigenvalue weighted by Crippen LogP contribution is 2.32. The molecular weight excluding hydrogens is 401 g/mol. The predicted octanol–water partition coefficient (Wildman–Crippen LogP) is 4.46. The Morgan fingerprint density at radius 1 is 1.18 bits per heavy atom. The number of hydrogen-bond acceptors (Lipinski definition) is 5. The smallest absolute Gasteiger partial charge is 0.260 e. The molecule has 1 heterocycles. The summed E-state index contributed by atoms with van der Waals surface area (Å²) in [6.07, 6.45) is 0.785. The fourth-order valence-electron chi connectivity index (χ4n) is 2.74. The Balaban J connectivity index is 0.00000280. The number of rotatable bonds is 7. The van der Waals surface area contributed by atoms with E-state index in [2.05, 4.69) is 9.88 Å². The normalized spacial score (nSPS) is 10.8. The fraction of sp³-hybridized carbons (Fsp3) is 0.300. The lowest BCUT2D eigenvalue weighted by Gasteiger charge is -2.21. The van der Waals surface area contributed by atoms with E-state index in [1.807, 2.05) is 32.3 Å². The van der Waals surface area contributed by atoms with Crippen LogP contribution in [0.15, 0.2) is 42.5 Å². The highest BCUT2D eigenvalue weighted by Gasteiger charge is 2.21. The predicted molar refractivity (Wildman–Crippen MR) is 115 cm³/mol. The van der Waals surface area contributed by atoms with Crippen LogP contribution in [0.1, 0.15) is 16.8 Å². The average molecular weight is 424 g/mol. The van der Waals surface area contributed by atoms with Gasteiger partial charge in [-0.25, -0.2) is 9.37 Å². The van der Waals surface area contributed by atoms with Crippen molar-refractivity contribution in [2.45, 2.75) is 6.42 Å². The van der Waals surface area contributed by atoms with Crippen molar-refractivity contribution in [3.05, 3.63) is 53.8 Å². The minimum absolute atomic E-state index is 0. The Labute approximate surface area is 174 Å². The van der Waals surface area contributed by atoms with Crippen LogP contribution in [0.25, 0.3) is 10.2 Å². The topological polar surface area (TPSA) is 45.7 Å². The molecule has 150 valence electrons. The van der Waals surface area contributed by atoms with Gasteiger partial charge in [0, 0.05) is 18.2 Å². The number of ether oxygens (including phenoxy) is 1. The van der Waals surface area contributed by atoms with Gasteiger partial charge in [0.25, 0.3) is 5.91 Å². The maximum atomic E-state index is 13.6. The van der Waals surface area contributed by atoms with E-state index >= 15 is 0 Å². The van der Waals surface area contributed by atoms with Crippen LogP contribution in [0.2, 0.25) is 0 Å². The highest BCUT2D eigenvalue weighted by atomic mass is 35.5. The summed E-state index contributed by atoms with van der Waals surface area (Å²) >= 11 is 1.44. The average Bonchev–Trinajstić information content (AvgIpc) is 3.07. The Bertz CT molecular complexity index is 948. The molecule has 5 nitrogen and oxygen atoms in total. The molecule has 0 atom stereocenters. The summed E-state index contributed by atoms with van der Waals surface area (Å²) in [5, 5.41) is 0.603. The molecule has 2 aromatic carbocycles. The first-order valence-corrected chi connectivity index (χ1v) is 9.46. The summed E-state index contributed by atoms with van der Waals surface area (Å²) in [6, 6.07) is 11.4. The second-order valence-electron chi connectivity index (χ2n) is 6.45. The number of methoxy groups -OCH3 is 1. The van der Waals surface area contributed by atoms with Crippen LogP contribution in [0.4, 0.5) is 9.52 Å². The molecule has 0 N–H and O–H groups in total. The third kappa shape index (κ3) is 5.19. The van der Waals surface area contributed by atoms with E-state index in [4.69, 9.17) is 4.74 Å². The first-order chi connectivity index (χ1) is 13.0. The highest BCUT2D eigenvalue weighted by molar-refractivity contribution is 7.22. The zero-order valence-electron chi connectivity index (χ0n) is 16.0. The zero-order valence-corrected chi connectivity index (χ0v) is 17.6. The second kappa shape index (κ2) is 9.82. The van der Waals surface area contributed by atoms with E-state index < -0.39 is 5.82 Å². The number of hydrogen-bond donors (Lipinski definition) is 0. The van der Waals surface area contributed by atoms with Gasteiger partial charge in [0.05, 0.1) is 17.3 Å². The molecule has 0 radical (unpaired) electrons. The summed E-state index contributed by atoms with van der Waals surface area (Å²) in [7, 11) is 5.58. The lowest BCUT2D eigenvalue weighted by Crippen LogP contribution is -2.33. The second-order valence-corrected chi connectivity index (χ2v) is 7.46. The van der Waals surface area contributed by atoms with Gasteiger partial charge < -0.3 is 9.64 Å². The summed E-state index contributed by atoms with van der Waals surface area (Å²) < 4.78 is 19.8. The van der Waals surface area contributed by atoms with Gasteiger partial charge in [-0.15, -0.1) is 12.4 Å². The van der Waals surface area contributed by atoms with E-state index in [1.54, 1.807) is 24.1 Å². The quantitative estimate of drug-likeness (QED) is 0.562. The van der Waals surface area contributed by atoms with Crippen molar-refractivity contribution in [2.75, 3.05) is 39.2 Å². The Morgan fingerprint density at radius 3 is 2.64 bits per heavy atom. The van der Waals surface area contributed by atoms with Crippen LogP contribution in [-0.4, -0.2) is 50.1 Å². The maximum absolute atomic E-state index is 13.6. The van der Waals surface area contributed by atoms with Crippen molar-refractivity contribution >= 4 is 45.0 Å². The van der Waals surface area contributed by atoms with Gasteiger partial charge in [-0.1, -0.05) is 17.4 Å². The summed E-state index contributed by atoms with van der Waals surface area (Å²) in [5.74, 6) is 0.0392. The molecule has 0 aliphatic carbocycles. The lowest BCUT2D eigenvalue weighted by molar-refractivity contribution is 0.0985. The SMILES string of the molecule is COc1ccc2sc(N(CCCN(C)C)C(=O)c3cccc(F)c3)nc2c1.Cl. The molecule has 0 saturated carbocycles. The van der Waals surface area contributed by atoms with Crippen LogP contribution in [0, 0.1) is 5.82 Å². The zero-order chi connectivity index (χ0) is 19.4. The summed E-state index contributed by atoms with van der Waals surface area (Å²) in [6.45, 7) is 1.34. The van der Waals surface area contributed by atoms with Crippen molar-refractivity contribution < 1.29 is 13.9 Å². The van der Waals surface area contributed by atoms with Crippen molar-refractivity contribution in [3.8, 4) is 5.75 Å². The molecule has 3 rings (SSSR count). The molecule has 28 heavy (non-hydrogen) atoms. The molecule has 1 aromatic heterocycles. The molecule has 1 amide bonds.